The quantitative estimate of drug-likeness (QED) is 0.911. The minimum Gasteiger partial charge on any atom is -0.330 e. The second kappa shape index (κ2) is 6.70. The summed E-state index contributed by atoms with van der Waals surface area (Å²) >= 11 is 0. The fourth-order valence-corrected chi connectivity index (χ4v) is 3.80. The fourth-order valence-electron chi connectivity index (χ4n) is 2.49. The van der Waals surface area contributed by atoms with E-state index in [9.17, 15) is 8.42 Å². The van der Waals surface area contributed by atoms with Crippen LogP contribution in [-0.4, -0.2) is 44.5 Å². The number of benzene rings is 1. The molecule has 1 aliphatic rings. The molecule has 1 aliphatic heterocycles. The average molecular weight is 296 g/mol. The van der Waals surface area contributed by atoms with E-state index in [0.29, 0.717) is 24.8 Å². The number of nitrogens with two attached hydrogens (primary N) is 1. The van der Waals surface area contributed by atoms with E-state index in [4.69, 9.17) is 5.73 Å². The van der Waals surface area contributed by atoms with Gasteiger partial charge < -0.3 is 5.73 Å². The molecule has 20 heavy (non-hydrogen) atoms. The summed E-state index contributed by atoms with van der Waals surface area (Å²) in [5.41, 5.74) is 8.16. The van der Waals surface area contributed by atoms with Crippen molar-refractivity contribution in [3.05, 3.63) is 35.4 Å². The van der Waals surface area contributed by atoms with Crippen molar-refractivity contribution in [3.8, 4) is 0 Å². The van der Waals surface area contributed by atoms with Gasteiger partial charge in [-0.25, -0.2) is 8.42 Å². The highest BCUT2D eigenvalue weighted by atomic mass is 32.2. The average Bonchev–Trinajstić information content (AvgIpc) is 2.60. The van der Waals surface area contributed by atoms with Gasteiger partial charge in [-0.15, -0.1) is 0 Å². The Labute approximate surface area is 121 Å². The van der Waals surface area contributed by atoms with Crippen LogP contribution in [0.1, 0.15) is 30.4 Å². The SMILES string of the molecule is CC(CN)c1ccc(CN2CCCS(=O)(=O)CC2)cc1. The van der Waals surface area contributed by atoms with E-state index in [1.165, 1.54) is 11.1 Å². The highest BCUT2D eigenvalue weighted by Gasteiger charge is 2.19. The molecule has 0 bridgehead atoms. The van der Waals surface area contributed by atoms with Crippen LogP contribution in [0, 0.1) is 0 Å². The van der Waals surface area contributed by atoms with Crippen LogP contribution in [0.2, 0.25) is 0 Å². The Bertz CT molecular complexity index is 525. The molecule has 1 unspecified atom stereocenters. The monoisotopic (exact) mass is 296 g/mol. The van der Waals surface area contributed by atoms with Crippen LogP contribution >= 0.6 is 0 Å². The number of nitrogens with zero attached hydrogens (tertiary/aromatic N) is 1. The first-order valence-electron chi connectivity index (χ1n) is 7.22. The number of hydrogen-bond donors (Lipinski definition) is 1. The second-order valence-corrected chi connectivity index (χ2v) is 7.96. The van der Waals surface area contributed by atoms with Crippen LogP contribution in [0.15, 0.2) is 24.3 Å². The predicted molar refractivity (Wildman–Crippen MR) is 82.5 cm³/mol. The van der Waals surface area contributed by atoms with Gasteiger partial charge in [0.25, 0.3) is 0 Å². The summed E-state index contributed by atoms with van der Waals surface area (Å²) in [5.74, 6) is 0.999. The van der Waals surface area contributed by atoms with Gasteiger partial charge in [0.05, 0.1) is 11.5 Å². The zero-order chi connectivity index (χ0) is 14.6. The van der Waals surface area contributed by atoms with Crippen molar-refractivity contribution in [2.24, 2.45) is 5.73 Å². The minimum atomic E-state index is -2.82. The third-order valence-corrected chi connectivity index (χ3v) is 5.67. The summed E-state index contributed by atoms with van der Waals surface area (Å²) in [7, 11) is -2.82. The van der Waals surface area contributed by atoms with Gasteiger partial charge >= 0.3 is 0 Å². The first-order chi connectivity index (χ1) is 9.50. The Morgan fingerprint density at radius 1 is 1.20 bits per heavy atom. The maximum absolute atomic E-state index is 11.6. The first-order valence-corrected chi connectivity index (χ1v) is 9.04. The lowest BCUT2D eigenvalue weighted by Crippen LogP contribution is -2.26. The third kappa shape index (κ3) is 4.30. The van der Waals surface area contributed by atoms with Crippen LogP contribution in [0.4, 0.5) is 0 Å². The van der Waals surface area contributed by atoms with Crippen LogP contribution in [-0.2, 0) is 16.4 Å². The molecule has 0 aromatic heterocycles. The second-order valence-electron chi connectivity index (χ2n) is 5.66. The molecule has 1 heterocycles. The molecule has 5 heteroatoms. The van der Waals surface area contributed by atoms with Crippen molar-refractivity contribution < 1.29 is 8.42 Å². The van der Waals surface area contributed by atoms with E-state index in [0.717, 1.165) is 19.5 Å². The molecule has 1 fully saturated rings. The van der Waals surface area contributed by atoms with Crippen LogP contribution in [0.25, 0.3) is 0 Å². The maximum atomic E-state index is 11.6. The highest BCUT2D eigenvalue weighted by molar-refractivity contribution is 7.91. The molecule has 0 saturated carbocycles. The van der Waals surface area contributed by atoms with Crippen LogP contribution in [0.5, 0.6) is 0 Å². The Morgan fingerprint density at radius 3 is 2.55 bits per heavy atom. The van der Waals surface area contributed by atoms with E-state index < -0.39 is 9.84 Å². The van der Waals surface area contributed by atoms with Crippen molar-refractivity contribution >= 4 is 9.84 Å². The molecule has 0 aliphatic carbocycles. The third-order valence-electron chi connectivity index (χ3n) is 3.96. The molecule has 1 aromatic carbocycles. The topological polar surface area (TPSA) is 63.4 Å². The predicted octanol–water partition coefficient (Wildman–Crippen LogP) is 1.37. The summed E-state index contributed by atoms with van der Waals surface area (Å²) in [4.78, 5) is 2.23. The van der Waals surface area contributed by atoms with E-state index >= 15 is 0 Å². The fraction of sp³-hybridized carbons (Fsp3) is 0.600. The van der Waals surface area contributed by atoms with Crippen molar-refractivity contribution in [1.29, 1.82) is 0 Å². The van der Waals surface area contributed by atoms with Crippen molar-refractivity contribution in [3.63, 3.8) is 0 Å². The van der Waals surface area contributed by atoms with Gasteiger partial charge in [0.1, 0.15) is 0 Å². The van der Waals surface area contributed by atoms with Gasteiger partial charge in [0.15, 0.2) is 9.84 Å². The molecule has 2 N–H and O–H groups in total. The lowest BCUT2D eigenvalue weighted by Gasteiger charge is -2.19. The molecule has 0 radical (unpaired) electrons. The lowest BCUT2D eigenvalue weighted by atomic mass is 10.00. The van der Waals surface area contributed by atoms with Gasteiger partial charge in [0.2, 0.25) is 0 Å². The standard InChI is InChI=1S/C15H24N2O2S/c1-13(11-16)15-5-3-14(4-6-15)12-17-7-2-9-20(18,19)10-8-17/h3-6,13H,2,7-12,16H2,1H3. The van der Waals surface area contributed by atoms with Gasteiger partial charge in [-0.05, 0) is 36.6 Å². The molecular weight excluding hydrogens is 272 g/mol. The van der Waals surface area contributed by atoms with Crippen LogP contribution in [0.3, 0.4) is 0 Å². The van der Waals surface area contributed by atoms with E-state index in [-0.39, 0.29) is 5.75 Å². The summed E-state index contributed by atoms with van der Waals surface area (Å²) in [5, 5.41) is 0. The van der Waals surface area contributed by atoms with E-state index in [2.05, 4.69) is 36.1 Å². The number of sulfone groups is 1. The minimum absolute atomic E-state index is 0.287. The molecule has 1 saturated heterocycles. The zero-order valence-electron chi connectivity index (χ0n) is 12.1. The summed E-state index contributed by atoms with van der Waals surface area (Å²) in [6.45, 7) is 5.11. The smallest absolute Gasteiger partial charge is 0.151 e. The van der Waals surface area contributed by atoms with Gasteiger partial charge in [-0.3, -0.25) is 4.90 Å². The Kier molecular flexibility index (Phi) is 5.18. The molecule has 4 nitrogen and oxygen atoms in total. The number of rotatable bonds is 4. The lowest BCUT2D eigenvalue weighted by molar-refractivity contribution is 0.287. The normalized spacial score (nSPS) is 21.3. The number of hydrogen-bond acceptors (Lipinski definition) is 4. The van der Waals surface area contributed by atoms with Gasteiger partial charge in [-0.1, -0.05) is 31.2 Å². The van der Waals surface area contributed by atoms with Crippen LogP contribution < -0.4 is 5.73 Å². The van der Waals surface area contributed by atoms with E-state index in [1.807, 2.05) is 0 Å². The summed E-state index contributed by atoms with van der Waals surface area (Å²) in [6.07, 6.45) is 0.741. The van der Waals surface area contributed by atoms with Gasteiger partial charge in [-0.2, -0.15) is 0 Å². The first kappa shape index (κ1) is 15.5. The summed E-state index contributed by atoms with van der Waals surface area (Å²) < 4.78 is 23.2. The van der Waals surface area contributed by atoms with Gasteiger partial charge in [0, 0.05) is 13.1 Å². The molecule has 0 amide bonds. The van der Waals surface area contributed by atoms with Crippen molar-refractivity contribution in [2.45, 2.75) is 25.8 Å². The largest absolute Gasteiger partial charge is 0.330 e. The molecule has 2 rings (SSSR count). The summed E-state index contributed by atoms with van der Waals surface area (Å²) in [6, 6.07) is 8.50. The molecule has 0 spiro atoms. The molecule has 1 aromatic rings. The Balaban J connectivity index is 1.96. The Hall–Kier alpha value is -0.910. The van der Waals surface area contributed by atoms with E-state index in [1.54, 1.807) is 0 Å². The zero-order valence-corrected chi connectivity index (χ0v) is 12.9. The maximum Gasteiger partial charge on any atom is 0.151 e. The van der Waals surface area contributed by atoms with Crippen molar-refractivity contribution in [1.82, 2.24) is 4.90 Å². The molecule has 1 atom stereocenters. The molecular formula is C15H24N2O2S. The molecule has 112 valence electrons. The Morgan fingerprint density at radius 2 is 1.90 bits per heavy atom. The van der Waals surface area contributed by atoms with Crippen molar-refractivity contribution in [2.75, 3.05) is 31.1 Å². The highest BCUT2D eigenvalue weighted by Crippen LogP contribution is 2.16.